The summed E-state index contributed by atoms with van der Waals surface area (Å²) in [6.07, 6.45) is 0. The molecule has 0 saturated carbocycles. The maximum absolute atomic E-state index is 20.3. The monoisotopic (exact) mass is 1740 g/mol. The van der Waals surface area contributed by atoms with Crippen molar-refractivity contribution in [2.24, 2.45) is 0 Å². The standard InChI is InChI=1S/C120H68N4OS5/c125-130(117-53-49-69(73-25-1-13-37-97(73)121-101-41-17-5-29-77(101)85-61-89-81-33-9-21-45-109(81)126-113(89)65-105(85)121)57-93(117)94-58-70(50-54-118(94)130)74-26-2-14-38-98(74)122-102-42-18-6-30-78(102)86-62-90-82-34-10-22-46-110(82)127-114(90)66-106(86)122)119-55-51-71(75-27-3-15-39-99(75)123-103-43-19-7-31-79(103)87-63-91-83-35-11-23-47-111(83)128-115(91)67-107(87)123)59-95(119)96-60-72(52-56-120(96)130)76-28-4-16-40-100(76)124-104-44-20-8-32-80(104)88-64-92-84-36-12-24-48-112(84)129-116(92)68-108(88)124/h1-68H. The molecule has 1 spiro atoms. The Bertz CT molecular complexity index is 8940. The topological polar surface area (TPSA) is 36.8 Å². The van der Waals surface area contributed by atoms with E-state index in [1.54, 1.807) is 0 Å². The number of hydrogen-bond donors (Lipinski definition) is 0. The molecule has 0 atom stereocenters. The summed E-state index contributed by atoms with van der Waals surface area (Å²) >= 11 is 7.43. The number of para-hydroxylation sites is 8. The number of aromatic nitrogens is 4. The van der Waals surface area contributed by atoms with Crippen LogP contribution in [0.5, 0.6) is 0 Å². The van der Waals surface area contributed by atoms with Crippen LogP contribution in [-0.2, 0) is 9.07 Å². The first kappa shape index (κ1) is 71.7. The maximum atomic E-state index is 20.3. The number of nitrogens with zero attached hydrogens (tertiary/aromatic N) is 4. The Morgan fingerprint density at radius 2 is 0.362 bits per heavy atom. The molecule has 20 aromatic carbocycles. The quantitative estimate of drug-likeness (QED) is 0.149. The second kappa shape index (κ2) is 26.2. The van der Waals surface area contributed by atoms with Crippen LogP contribution < -0.4 is 0 Å². The van der Waals surface area contributed by atoms with E-state index in [2.05, 4.69) is 431 Å². The van der Waals surface area contributed by atoms with Crippen molar-refractivity contribution in [2.75, 3.05) is 0 Å². The van der Waals surface area contributed by atoms with Gasteiger partial charge in [0.15, 0.2) is 0 Å². The van der Waals surface area contributed by atoms with E-state index in [4.69, 9.17) is 0 Å². The number of rotatable bonds is 8. The fourth-order valence-electron chi connectivity index (χ4n) is 23.1. The predicted octanol–water partition coefficient (Wildman–Crippen LogP) is 34.5. The third-order valence-corrected chi connectivity index (χ3v) is 38.0. The molecular formula is C120H68N4OS5. The van der Waals surface area contributed by atoms with Gasteiger partial charge in [-0.1, -0.05) is 243 Å². The number of benzene rings is 20. The molecular weight excluding hydrogens is 1670 g/mol. The number of thiophene rings is 4. The lowest BCUT2D eigenvalue weighted by Gasteiger charge is -2.39. The van der Waals surface area contributed by atoms with Gasteiger partial charge in [0, 0.05) is 175 Å². The van der Waals surface area contributed by atoms with Gasteiger partial charge in [0.05, 0.1) is 66.9 Å². The van der Waals surface area contributed by atoms with Gasteiger partial charge in [0.2, 0.25) is 0 Å². The fourth-order valence-corrected chi connectivity index (χ4v) is 32.7. The van der Waals surface area contributed by atoms with Crippen molar-refractivity contribution < 1.29 is 4.21 Å². The summed E-state index contributed by atoms with van der Waals surface area (Å²) in [5, 5.41) is 19.9. The highest BCUT2D eigenvalue weighted by Crippen LogP contribution is 2.72. The van der Waals surface area contributed by atoms with Crippen molar-refractivity contribution in [1.29, 1.82) is 0 Å². The Morgan fingerprint density at radius 1 is 0.154 bits per heavy atom. The normalized spacial score (nSPS) is 13.7. The van der Waals surface area contributed by atoms with Gasteiger partial charge < -0.3 is 18.3 Å². The van der Waals surface area contributed by atoms with Gasteiger partial charge in [-0.15, -0.1) is 45.3 Å². The Labute approximate surface area is 760 Å². The second-order valence-corrected chi connectivity index (χ2v) is 43.1. The van der Waals surface area contributed by atoms with Crippen LogP contribution in [0.15, 0.2) is 432 Å². The Kier molecular flexibility index (Phi) is 14.5. The van der Waals surface area contributed by atoms with Gasteiger partial charge in [0.1, 0.15) is 0 Å². The zero-order valence-electron chi connectivity index (χ0n) is 69.5. The number of fused-ring (bicyclic) bond motifs is 34. The molecule has 5 nitrogen and oxygen atoms in total. The largest absolute Gasteiger partial charge is 0.309 e. The molecule has 0 bridgehead atoms. The lowest BCUT2D eigenvalue weighted by atomic mass is 9.95. The molecule has 30 rings (SSSR count). The minimum absolute atomic E-state index is 0.800. The first-order chi connectivity index (χ1) is 64.3. The van der Waals surface area contributed by atoms with Gasteiger partial charge in [-0.3, -0.25) is 4.21 Å². The van der Waals surface area contributed by atoms with Crippen LogP contribution >= 0.6 is 45.3 Å². The molecule has 0 fully saturated rings. The summed E-state index contributed by atoms with van der Waals surface area (Å²) in [6, 6.07) is 154. The van der Waals surface area contributed by atoms with E-state index in [-0.39, 0.29) is 0 Å². The molecule has 0 N–H and O–H groups in total. The molecule has 0 radical (unpaired) electrons. The van der Waals surface area contributed by atoms with E-state index in [9.17, 15) is 0 Å². The Balaban J connectivity index is 0.678. The molecule has 10 heteroatoms. The van der Waals surface area contributed by atoms with Crippen molar-refractivity contribution in [3.8, 4) is 89.5 Å². The molecule has 130 heavy (non-hydrogen) atoms. The molecule has 0 amide bonds. The van der Waals surface area contributed by atoms with Crippen LogP contribution in [-0.4, -0.2) is 22.5 Å². The van der Waals surface area contributed by atoms with Gasteiger partial charge in [0.25, 0.3) is 0 Å². The Morgan fingerprint density at radius 3 is 0.608 bits per heavy atom. The first-order valence-electron chi connectivity index (χ1n) is 44.3. The summed E-state index contributed by atoms with van der Waals surface area (Å²) in [7, 11) is -4.77. The zero-order valence-corrected chi connectivity index (χ0v) is 73.6. The van der Waals surface area contributed by atoms with Gasteiger partial charge in [-0.2, -0.15) is 0 Å². The van der Waals surface area contributed by atoms with Crippen molar-refractivity contribution >= 4 is 222 Å². The average molecular weight is 1740 g/mol. The third-order valence-electron chi connectivity index (χ3n) is 28.7. The zero-order chi connectivity index (χ0) is 84.7. The molecule has 10 heterocycles. The van der Waals surface area contributed by atoms with Gasteiger partial charge >= 0.3 is 0 Å². The van der Waals surface area contributed by atoms with E-state index in [0.717, 1.165) is 153 Å². The van der Waals surface area contributed by atoms with Crippen LogP contribution in [0.3, 0.4) is 0 Å². The lowest BCUT2D eigenvalue weighted by Crippen LogP contribution is -2.30. The third kappa shape index (κ3) is 9.49. The van der Waals surface area contributed by atoms with E-state index >= 15 is 4.21 Å². The van der Waals surface area contributed by atoms with Crippen LogP contribution in [0.25, 0.3) is 257 Å². The van der Waals surface area contributed by atoms with Crippen LogP contribution in [0.4, 0.5) is 0 Å². The van der Waals surface area contributed by atoms with Crippen molar-refractivity contribution in [1.82, 2.24) is 18.3 Å². The summed E-state index contributed by atoms with van der Waals surface area (Å²) in [5.74, 6) is 0. The van der Waals surface area contributed by atoms with Crippen molar-refractivity contribution in [2.45, 2.75) is 19.6 Å². The van der Waals surface area contributed by atoms with Crippen LogP contribution in [0.2, 0.25) is 0 Å². The van der Waals surface area contributed by atoms with Gasteiger partial charge in [-0.25, -0.2) is 0 Å². The second-order valence-electron chi connectivity index (χ2n) is 35.1. The molecule has 8 aromatic heterocycles. The lowest BCUT2D eigenvalue weighted by molar-refractivity contribution is 0.658. The van der Waals surface area contributed by atoms with Crippen LogP contribution in [0.1, 0.15) is 0 Å². The highest BCUT2D eigenvalue weighted by atomic mass is 32.3. The van der Waals surface area contributed by atoms with E-state index < -0.39 is 9.07 Å². The highest BCUT2D eigenvalue weighted by Gasteiger charge is 2.58. The molecule has 0 aliphatic carbocycles. The molecule has 2 aliphatic heterocycles. The summed E-state index contributed by atoms with van der Waals surface area (Å²) in [5.41, 5.74) is 25.5. The minimum atomic E-state index is -4.77. The summed E-state index contributed by atoms with van der Waals surface area (Å²) in [4.78, 5) is 3.20. The predicted molar refractivity (Wildman–Crippen MR) is 556 cm³/mol. The van der Waals surface area contributed by atoms with E-state index in [0.29, 0.717) is 0 Å². The van der Waals surface area contributed by atoms with Gasteiger partial charge in [-0.05, 0) is 214 Å². The van der Waals surface area contributed by atoms with E-state index in [1.165, 1.54) is 124 Å². The molecule has 604 valence electrons. The first-order valence-corrected chi connectivity index (χ1v) is 49.5. The minimum Gasteiger partial charge on any atom is -0.309 e. The molecule has 2 aliphatic rings. The van der Waals surface area contributed by atoms with Crippen molar-refractivity contribution in [3.63, 3.8) is 0 Å². The van der Waals surface area contributed by atoms with Crippen LogP contribution in [0, 0.1) is 0 Å². The smallest absolute Gasteiger partial charge is 0.0555 e. The molecule has 0 saturated heterocycles. The summed E-state index contributed by atoms with van der Waals surface area (Å²) < 4.78 is 40.4. The molecule has 28 aromatic rings. The maximum Gasteiger partial charge on any atom is 0.0555 e. The highest BCUT2D eigenvalue weighted by molar-refractivity contribution is 8.21. The summed E-state index contributed by atoms with van der Waals surface area (Å²) in [6.45, 7) is 0. The van der Waals surface area contributed by atoms with E-state index in [1.807, 2.05) is 45.3 Å². The molecule has 0 unspecified atom stereocenters. The fraction of sp³-hybridized carbons (Fsp3) is 0. The SMILES string of the molecule is O=S12(c3ccc(-c4ccccc4-n4c5ccccc5c5cc6c(cc54)sc4ccccc46)cc3-c3cc(-c4ccccc4-n4c5ccccc5c5cc6c(cc54)sc4ccccc46)ccc31)c1ccc(-c3ccccc3-n3c4ccccc4c4cc5c(cc43)sc3ccccc35)cc1-c1cc(-c3ccccc3-n3c4ccccc4c4cc5c(cc43)sc3ccccc35)ccc12. The van der Waals surface area contributed by atoms with Crippen molar-refractivity contribution in [3.05, 3.63) is 413 Å². The Hall–Kier alpha value is -15.4. The average Bonchev–Trinajstić information content (AvgIpc) is 1.46. The number of hydrogen-bond acceptors (Lipinski definition) is 5.